The molecule has 0 saturated carbocycles. The van der Waals surface area contributed by atoms with E-state index in [4.69, 9.17) is 0 Å². The second-order valence-electron chi connectivity index (χ2n) is 2.28. The molecule has 0 bridgehead atoms. The van der Waals surface area contributed by atoms with Crippen LogP contribution in [0.15, 0.2) is 17.5 Å². The van der Waals surface area contributed by atoms with Crippen molar-refractivity contribution < 1.29 is 0 Å². The molecular weight excluding hydrogens is 140 g/mol. The Bertz CT molecular complexity index is 256. The van der Waals surface area contributed by atoms with Crippen LogP contribution in [0.25, 0.3) is 0 Å². The Morgan fingerprint density at radius 3 is 2.73 bits per heavy atom. The van der Waals surface area contributed by atoms with Gasteiger partial charge in [0.05, 0.1) is 6.20 Å². The van der Waals surface area contributed by atoms with E-state index in [1.165, 1.54) is 6.33 Å². The van der Waals surface area contributed by atoms with E-state index in [0.717, 1.165) is 5.69 Å². The van der Waals surface area contributed by atoms with Gasteiger partial charge < -0.3 is 4.90 Å². The molecule has 0 radical (unpaired) electrons. The maximum Gasteiger partial charge on any atom is 0.178 e. The fraction of sp³-hybridized carbons (Fsp3) is 0.286. The van der Waals surface area contributed by atoms with Crippen LogP contribution in [0, 0.1) is 0 Å². The molecule has 0 amide bonds. The molecule has 0 fully saturated rings. The Hall–Kier alpha value is -1.45. The first-order valence-corrected chi connectivity index (χ1v) is 3.19. The number of hydrogen-bond donors (Lipinski definition) is 0. The summed E-state index contributed by atoms with van der Waals surface area (Å²) < 4.78 is 0. The van der Waals surface area contributed by atoms with Crippen molar-refractivity contribution in [2.75, 3.05) is 19.0 Å². The van der Waals surface area contributed by atoms with Gasteiger partial charge in [0.25, 0.3) is 0 Å². The van der Waals surface area contributed by atoms with Crippen molar-refractivity contribution in [1.29, 1.82) is 0 Å². The average Bonchev–Trinajstić information content (AvgIpc) is 2.04. The molecule has 0 aliphatic rings. The third kappa shape index (κ3) is 1.52. The van der Waals surface area contributed by atoms with Gasteiger partial charge in [0.2, 0.25) is 0 Å². The zero-order valence-corrected chi connectivity index (χ0v) is 6.65. The Labute approximate surface area is 65.6 Å². The van der Waals surface area contributed by atoms with Crippen molar-refractivity contribution in [2.45, 2.75) is 0 Å². The summed E-state index contributed by atoms with van der Waals surface area (Å²) in [7, 11) is 3.82. The normalized spacial score (nSPS) is 9.27. The zero-order valence-electron chi connectivity index (χ0n) is 6.65. The predicted octanol–water partition coefficient (Wildman–Crippen LogP) is 0.875. The first kappa shape index (κ1) is 7.65. The third-order valence-corrected chi connectivity index (χ3v) is 1.30. The topological polar surface area (TPSA) is 41.4 Å². The molecule has 0 aliphatic carbocycles. The van der Waals surface area contributed by atoms with E-state index in [-0.39, 0.29) is 0 Å². The first-order valence-electron chi connectivity index (χ1n) is 3.19. The summed E-state index contributed by atoms with van der Waals surface area (Å²) >= 11 is 0. The second kappa shape index (κ2) is 3.09. The minimum absolute atomic E-state index is 0.616. The van der Waals surface area contributed by atoms with Crippen LogP contribution in [0.5, 0.6) is 0 Å². The third-order valence-electron chi connectivity index (χ3n) is 1.30. The maximum atomic E-state index is 3.94. The quantitative estimate of drug-likeness (QED) is 0.587. The number of aromatic nitrogens is 2. The highest BCUT2D eigenvalue weighted by molar-refractivity contribution is 5.62. The largest absolute Gasteiger partial charge is 0.373 e. The minimum atomic E-state index is 0.616. The number of nitrogens with zero attached hydrogens (tertiary/aromatic N) is 4. The highest BCUT2D eigenvalue weighted by Crippen LogP contribution is 2.21. The van der Waals surface area contributed by atoms with E-state index < -0.39 is 0 Å². The average molecular weight is 150 g/mol. The lowest BCUT2D eigenvalue weighted by atomic mass is 10.4. The smallest absolute Gasteiger partial charge is 0.178 e. The fourth-order valence-electron chi connectivity index (χ4n) is 0.753. The van der Waals surface area contributed by atoms with Gasteiger partial charge in [0, 0.05) is 14.1 Å². The van der Waals surface area contributed by atoms with Crippen molar-refractivity contribution in [3.63, 3.8) is 0 Å². The highest BCUT2D eigenvalue weighted by Gasteiger charge is 2.01. The van der Waals surface area contributed by atoms with Crippen LogP contribution in [0.2, 0.25) is 0 Å². The summed E-state index contributed by atoms with van der Waals surface area (Å²) in [4.78, 5) is 13.5. The maximum absolute atomic E-state index is 3.94. The van der Waals surface area contributed by atoms with Crippen molar-refractivity contribution in [2.24, 2.45) is 4.99 Å². The van der Waals surface area contributed by atoms with Crippen LogP contribution in [-0.2, 0) is 0 Å². The standard InChI is InChI=1S/C7H10N4/c1-8-7-6(11(2)3)4-9-5-10-7/h4-5H,1H2,2-3H3. The molecule has 0 saturated heterocycles. The molecule has 4 nitrogen and oxygen atoms in total. The lowest BCUT2D eigenvalue weighted by Gasteiger charge is -2.12. The van der Waals surface area contributed by atoms with Crippen molar-refractivity contribution >= 4 is 18.2 Å². The number of rotatable bonds is 2. The molecular formula is C7H10N4. The van der Waals surface area contributed by atoms with E-state index in [1.807, 2.05) is 19.0 Å². The number of hydrogen-bond acceptors (Lipinski definition) is 4. The van der Waals surface area contributed by atoms with Gasteiger partial charge in [0.15, 0.2) is 5.82 Å². The molecule has 58 valence electrons. The van der Waals surface area contributed by atoms with Crippen LogP contribution in [0.3, 0.4) is 0 Å². The Morgan fingerprint density at radius 2 is 2.27 bits per heavy atom. The van der Waals surface area contributed by atoms with E-state index in [2.05, 4.69) is 21.7 Å². The zero-order chi connectivity index (χ0) is 8.27. The van der Waals surface area contributed by atoms with Gasteiger partial charge in [-0.15, -0.1) is 0 Å². The highest BCUT2D eigenvalue weighted by atomic mass is 15.1. The lowest BCUT2D eigenvalue weighted by molar-refractivity contribution is 1.06. The SMILES string of the molecule is C=Nc1ncncc1N(C)C. The molecule has 0 spiro atoms. The fourth-order valence-corrected chi connectivity index (χ4v) is 0.753. The second-order valence-corrected chi connectivity index (χ2v) is 2.28. The van der Waals surface area contributed by atoms with Crippen LogP contribution in [0.4, 0.5) is 11.5 Å². The number of anilines is 1. The molecule has 0 aliphatic heterocycles. The summed E-state index contributed by atoms with van der Waals surface area (Å²) in [6, 6.07) is 0. The summed E-state index contributed by atoms with van der Waals surface area (Å²) in [6.45, 7) is 3.41. The van der Waals surface area contributed by atoms with Gasteiger partial charge in [-0.25, -0.2) is 15.0 Å². The van der Waals surface area contributed by atoms with Crippen LogP contribution < -0.4 is 4.90 Å². The molecule has 11 heavy (non-hydrogen) atoms. The van der Waals surface area contributed by atoms with Gasteiger partial charge in [-0.05, 0) is 6.72 Å². The summed E-state index contributed by atoms with van der Waals surface area (Å²) in [5.41, 5.74) is 0.877. The van der Waals surface area contributed by atoms with Crippen molar-refractivity contribution in [3.05, 3.63) is 12.5 Å². The minimum Gasteiger partial charge on any atom is -0.373 e. The molecule has 4 heteroatoms. The monoisotopic (exact) mass is 150 g/mol. The van der Waals surface area contributed by atoms with E-state index in [0.29, 0.717) is 5.82 Å². The van der Waals surface area contributed by atoms with Gasteiger partial charge in [-0.1, -0.05) is 0 Å². The molecule has 1 heterocycles. The molecule has 1 rings (SSSR count). The summed E-state index contributed by atoms with van der Waals surface area (Å²) in [6.07, 6.45) is 3.16. The molecule has 0 unspecified atom stereocenters. The van der Waals surface area contributed by atoms with E-state index >= 15 is 0 Å². The molecule has 0 N–H and O–H groups in total. The number of aliphatic imine (C=N–C) groups is 1. The first-order chi connectivity index (χ1) is 5.25. The molecule has 0 aromatic carbocycles. The Morgan fingerprint density at radius 1 is 1.55 bits per heavy atom. The van der Waals surface area contributed by atoms with Crippen molar-refractivity contribution in [1.82, 2.24) is 9.97 Å². The van der Waals surface area contributed by atoms with Gasteiger partial charge in [-0.2, -0.15) is 0 Å². The predicted molar refractivity (Wildman–Crippen MR) is 45.6 cm³/mol. The van der Waals surface area contributed by atoms with Gasteiger partial charge in [0.1, 0.15) is 12.0 Å². The van der Waals surface area contributed by atoms with Crippen LogP contribution >= 0.6 is 0 Å². The molecule has 0 atom stereocenters. The summed E-state index contributed by atoms with van der Waals surface area (Å²) in [5.74, 6) is 0.616. The van der Waals surface area contributed by atoms with Crippen molar-refractivity contribution in [3.8, 4) is 0 Å². The molecule has 1 aromatic heterocycles. The van der Waals surface area contributed by atoms with Crippen LogP contribution in [-0.4, -0.2) is 30.8 Å². The lowest BCUT2D eigenvalue weighted by Crippen LogP contribution is -2.09. The Kier molecular flexibility index (Phi) is 2.15. The van der Waals surface area contributed by atoms with E-state index in [9.17, 15) is 0 Å². The van der Waals surface area contributed by atoms with Crippen LogP contribution in [0.1, 0.15) is 0 Å². The van der Waals surface area contributed by atoms with E-state index in [1.54, 1.807) is 6.20 Å². The van der Waals surface area contributed by atoms with Gasteiger partial charge in [-0.3, -0.25) is 0 Å². The summed E-state index contributed by atoms with van der Waals surface area (Å²) in [5, 5.41) is 0. The Balaban J connectivity index is 3.12. The van der Waals surface area contributed by atoms with Gasteiger partial charge >= 0.3 is 0 Å². The molecule has 1 aromatic rings.